The third-order valence-electron chi connectivity index (χ3n) is 4.16. The molecule has 0 bridgehead atoms. The number of benzene rings is 2. The van der Waals surface area contributed by atoms with Crippen molar-refractivity contribution in [2.45, 2.75) is 24.3 Å². The van der Waals surface area contributed by atoms with E-state index in [1.54, 1.807) is 6.07 Å². The number of hydrogen-bond donors (Lipinski definition) is 1. The fourth-order valence-corrected chi connectivity index (χ4v) is 4.26. The monoisotopic (exact) mass is 378 g/mol. The lowest BCUT2D eigenvalue weighted by molar-refractivity contribution is -0.117. The van der Waals surface area contributed by atoms with Crippen LogP contribution in [-0.4, -0.2) is 31.8 Å². The van der Waals surface area contributed by atoms with Crippen LogP contribution in [0.3, 0.4) is 0 Å². The van der Waals surface area contributed by atoms with Crippen molar-refractivity contribution in [1.29, 1.82) is 0 Å². The summed E-state index contributed by atoms with van der Waals surface area (Å²) in [6.45, 7) is 0.463. The Morgan fingerprint density at radius 1 is 1.23 bits per heavy atom. The lowest BCUT2D eigenvalue weighted by atomic mass is 10.1. The summed E-state index contributed by atoms with van der Waals surface area (Å²) in [4.78, 5) is 10.9. The fraction of sp³-hybridized carbons (Fsp3) is 0.278. The number of sulfonamides is 1. The molecule has 0 radical (unpaired) electrons. The fourth-order valence-electron chi connectivity index (χ4n) is 2.83. The Bertz CT molecular complexity index is 931. The van der Waals surface area contributed by atoms with E-state index in [0.29, 0.717) is 17.7 Å². The molecule has 0 spiro atoms. The van der Waals surface area contributed by atoms with Crippen LogP contribution in [0.25, 0.3) is 0 Å². The van der Waals surface area contributed by atoms with Crippen LogP contribution in [0.1, 0.15) is 17.5 Å². The smallest absolute Gasteiger partial charge is 0.243 e. The van der Waals surface area contributed by atoms with Crippen molar-refractivity contribution < 1.29 is 22.3 Å². The molecule has 3 rings (SSSR count). The maximum Gasteiger partial charge on any atom is 0.243 e. The predicted molar refractivity (Wildman–Crippen MR) is 93.4 cm³/mol. The Kier molecular flexibility index (Phi) is 5.24. The van der Waals surface area contributed by atoms with Gasteiger partial charge in [0.2, 0.25) is 15.9 Å². The number of carbonyl (C=O) groups is 1. The van der Waals surface area contributed by atoms with Crippen molar-refractivity contribution in [1.82, 2.24) is 4.31 Å². The maximum absolute atomic E-state index is 13.4. The Morgan fingerprint density at radius 2 is 2.04 bits per heavy atom. The summed E-state index contributed by atoms with van der Waals surface area (Å²) in [6, 6.07) is 10.4. The van der Waals surface area contributed by atoms with E-state index in [2.05, 4.69) is 0 Å². The normalized spacial score (nSPS) is 15.0. The highest BCUT2D eigenvalue weighted by atomic mass is 32.2. The quantitative estimate of drug-likeness (QED) is 0.859. The van der Waals surface area contributed by atoms with Crippen LogP contribution in [0.5, 0.6) is 5.75 Å². The summed E-state index contributed by atoms with van der Waals surface area (Å²) in [6.07, 6.45) is 0.685. The number of aryl methyl sites for hydroxylation is 1. The highest BCUT2D eigenvalue weighted by Gasteiger charge is 2.28. The zero-order chi connectivity index (χ0) is 18.7. The number of hydrogen-bond acceptors (Lipinski definition) is 4. The highest BCUT2D eigenvalue weighted by Crippen LogP contribution is 2.28. The van der Waals surface area contributed by atoms with Crippen LogP contribution in [0, 0.1) is 5.82 Å². The van der Waals surface area contributed by atoms with Gasteiger partial charge in [0.15, 0.2) is 0 Å². The first-order chi connectivity index (χ1) is 12.4. The third kappa shape index (κ3) is 4.03. The number of amides is 1. The van der Waals surface area contributed by atoms with E-state index in [1.807, 2.05) is 12.1 Å². The van der Waals surface area contributed by atoms with E-state index in [9.17, 15) is 17.6 Å². The molecular weight excluding hydrogens is 359 g/mol. The molecule has 0 saturated heterocycles. The minimum Gasteiger partial charge on any atom is -0.492 e. The summed E-state index contributed by atoms with van der Waals surface area (Å²) in [7, 11) is -3.85. The van der Waals surface area contributed by atoms with Gasteiger partial charge in [-0.05, 0) is 36.2 Å². The zero-order valence-electron chi connectivity index (χ0n) is 14.0. The van der Waals surface area contributed by atoms with Crippen molar-refractivity contribution in [3.8, 4) is 5.75 Å². The molecule has 26 heavy (non-hydrogen) atoms. The van der Waals surface area contributed by atoms with E-state index in [1.165, 1.54) is 22.5 Å². The van der Waals surface area contributed by atoms with Gasteiger partial charge in [-0.1, -0.05) is 18.2 Å². The minimum absolute atomic E-state index is 0.0918. The first-order valence-corrected chi connectivity index (χ1v) is 9.59. The molecule has 2 aromatic rings. The number of fused-ring (bicyclic) bond motifs is 1. The van der Waals surface area contributed by atoms with E-state index in [4.69, 9.17) is 10.5 Å². The molecule has 0 atom stereocenters. The molecule has 2 N–H and O–H groups in total. The molecule has 0 aliphatic carbocycles. The van der Waals surface area contributed by atoms with E-state index in [0.717, 1.165) is 11.6 Å². The van der Waals surface area contributed by atoms with Crippen molar-refractivity contribution in [3.63, 3.8) is 0 Å². The van der Waals surface area contributed by atoms with Gasteiger partial charge >= 0.3 is 0 Å². The number of primary amides is 1. The van der Waals surface area contributed by atoms with Gasteiger partial charge < -0.3 is 10.5 Å². The maximum atomic E-state index is 13.4. The topological polar surface area (TPSA) is 89.7 Å². The molecule has 0 aromatic heterocycles. The molecule has 1 aliphatic heterocycles. The van der Waals surface area contributed by atoms with Crippen molar-refractivity contribution in [2.75, 3.05) is 13.2 Å². The van der Waals surface area contributed by atoms with Gasteiger partial charge in [-0.15, -0.1) is 0 Å². The summed E-state index contributed by atoms with van der Waals surface area (Å²) >= 11 is 0. The van der Waals surface area contributed by atoms with Crippen LogP contribution in [0.2, 0.25) is 0 Å². The second-order valence-electron chi connectivity index (χ2n) is 6.05. The van der Waals surface area contributed by atoms with Gasteiger partial charge in [0.05, 0.1) is 4.90 Å². The van der Waals surface area contributed by atoms with Crippen LogP contribution in [-0.2, 0) is 27.8 Å². The van der Waals surface area contributed by atoms with Gasteiger partial charge in [-0.25, -0.2) is 12.8 Å². The molecule has 0 saturated carbocycles. The average Bonchev–Trinajstić information content (AvgIpc) is 2.82. The van der Waals surface area contributed by atoms with Crippen molar-refractivity contribution in [3.05, 3.63) is 59.4 Å². The number of nitrogens with zero attached hydrogens (tertiary/aromatic N) is 1. The standard InChI is InChI=1S/C18H19FN2O4S/c19-15-2-1-3-16(11-15)26(23,24)21-8-9-25-17-6-4-13(5-7-18(20)22)10-14(17)12-21/h1-4,6,10-11H,5,7-9,12H2,(H2,20,22). The van der Waals surface area contributed by atoms with Crippen molar-refractivity contribution in [2.24, 2.45) is 5.73 Å². The van der Waals surface area contributed by atoms with Crippen molar-refractivity contribution >= 4 is 15.9 Å². The van der Waals surface area contributed by atoms with Crippen LogP contribution in [0.4, 0.5) is 4.39 Å². The molecule has 2 aromatic carbocycles. The zero-order valence-corrected chi connectivity index (χ0v) is 14.8. The molecule has 0 unspecified atom stereocenters. The van der Waals surface area contributed by atoms with Gasteiger partial charge in [0, 0.05) is 25.1 Å². The lowest BCUT2D eigenvalue weighted by Gasteiger charge is -2.19. The first-order valence-electron chi connectivity index (χ1n) is 8.15. The highest BCUT2D eigenvalue weighted by molar-refractivity contribution is 7.89. The Hall–Kier alpha value is -2.45. The van der Waals surface area contributed by atoms with Gasteiger partial charge in [-0.3, -0.25) is 4.79 Å². The number of ether oxygens (including phenoxy) is 1. The first kappa shape index (κ1) is 18.3. The molecule has 0 fully saturated rings. The van der Waals surface area contributed by atoms with Crippen LogP contribution in [0.15, 0.2) is 47.4 Å². The van der Waals surface area contributed by atoms with E-state index >= 15 is 0 Å². The molecule has 8 heteroatoms. The number of halogens is 1. The SMILES string of the molecule is NC(=O)CCc1ccc2c(c1)CN(S(=O)(=O)c1cccc(F)c1)CCO2. The van der Waals surface area contributed by atoms with Crippen LogP contribution < -0.4 is 10.5 Å². The second-order valence-corrected chi connectivity index (χ2v) is 7.99. The van der Waals surface area contributed by atoms with E-state index < -0.39 is 21.7 Å². The average molecular weight is 378 g/mol. The summed E-state index contributed by atoms with van der Waals surface area (Å²) in [5.74, 6) is -0.400. The second kappa shape index (κ2) is 7.43. The van der Waals surface area contributed by atoms with Gasteiger partial charge in [0.25, 0.3) is 0 Å². The number of carbonyl (C=O) groups excluding carboxylic acids is 1. The molecular formula is C18H19FN2O4S. The lowest BCUT2D eigenvalue weighted by Crippen LogP contribution is -2.32. The molecule has 1 amide bonds. The van der Waals surface area contributed by atoms with Gasteiger partial charge in [-0.2, -0.15) is 4.31 Å². The number of nitrogens with two attached hydrogens (primary N) is 1. The molecule has 1 aliphatic rings. The molecule has 138 valence electrons. The predicted octanol–water partition coefficient (Wildman–Crippen LogP) is 1.83. The summed E-state index contributed by atoms with van der Waals surface area (Å²) < 4.78 is 46.0. The third-order valence-corrected chi connectivity index (χ3v) is 6.00. The van der Waals surface area contributed by atoms with Crippen LogP contribution >= 0.6 is 0 Å². The molecule has 6 nitrogen and oxygen atoms in total. The molecule has 1 heterocycles. The summed E-state index contributed by atoms with van der Waals surface area (Å²) in [5, 5.41) is 0. The number of rotatable bonds is 5. The Balaban J connectivity index is 1.88. The summed E-state index contributed by atoms with van der Waals surface area (Å²) in [5.41, 5.74) is 6.75. The Labute approximate surface area is 151 Å². The minimum atomic E-state index is -3.85. The Morgan fingerprint density at radius 3 is 2.77 bits per heavy atom. The van der Waals surface area contributed by atoms with E-state index in [-0.39, 0.29) is 31.0 Å². The van der Waals surface area contributed by atoms with Gasteiger partial charge in [0.1, 0.15) is 18.2 Å². The largest absolute Gasteiger partial charge is 0.492 e.